The van der Waals surface area contributed by atoms with Crippen molar-refractivity contribution >= 4 is 54.3 Å². The van der Waals surface area contributed by atoms with Gasteiger partial charge in [-0.2, -0.15) is 0 Å². The molecule has 2 aromatic heterocycles. The number of para-hydroxylation sites is 1. The lowest BCUT2D eigenvalue weighted by Gasteiger charge is -2.13. The van der Waals surface area contributed by atoms with E-state index in [1.165, 1.54) is 27.1 Å². The Labute approximate surface area is 282 Å². The standard InChI is InChI=1S/C45H27N3O/c1-3-16-34-28(10-1)12-8-20-39(34)45-47-43(46-44(48-45)33-24-25-38-37-18-5-6-21-40(37)49-41(38)27-33)32-15-7-14-31(26-32)36-19-9-13-30-23-22-29-11-2-4-17-35(29)42(30)36/h1-27H. The van der Waals surface area contributed by atoms with Crippen molar-refractivity contribution in [1.82, 2.24) is 15.0 Å². The molecule has 0 N–H and O–H groups in total. The van der Waals surface area contributed by atoms with E-state index in [-0.39, 0.29) is 0 Å². The van der Waals surface area contributed by atoms with Crippen LogP contribution in [0.15, 0.2) is 168 Å². The molecule has 0 fully saturated rings. The molecule has 0 atom stereocenters. The van der Waals surface area contributed by atoms with Gasteiger partial charge in [-0.25, -0.2) is 15.0 Å². The molecular weight excluding hydrogens is 599 g/mol. The summed E-state index contributed by atoms with van der Waals surface area (Å²) in [5.41, 5.74) is 6.70. The molecule has 49 heavy (non-hydrogen) atoms. The minimum absolute atomic E-state index is 0.594. The molecule has 0 bridgehead atoms. The fourth-order valence-corrected chi connectivity index (χ4v) is 7.17. The molecule has 0 aliphatic rings. The first-order valence-corrected chi connectivity index (χ1v) is 16.4. The Morgan fingerprint density at radius 3 is 1.76 bits per heavy atom. The molecule has 8 aromatic carbocycles. The van der Waals surface area contributed by atoms with Gasteiger partial charge < -0.3 is 4.42 Å². The van der Waals surface area contributed by atoms with Crippen LogP contribution in [-0.4, -0.2) is 15.0 Å². The Balaban J connectivity index is 1.19. The van der Waals surface area contributed by atoms with Crippen LogP contribution in [0.25, 0.3) is 99.5 Å². The molecule has 2 heterocycles. The van der Waals surface area contributed by atoms with Crippen LogP contribution in [0.5, 0.6) is 0 Å². The van der Waals surface area contributed by atoms with Crippen molar-refractivity contribution in [2.45, 2.75) is 0 Å². The number of aromatic nitrogens is 3. The van der Waals surface area contributed by atoms with Crippen molar-refractivity contribution in [2.24, 2.45) is 0 Å². The number of benzene rings is 8. The van der Waals surface area contributed by atoms with E-state index in [0.29, 0.717) is 17.5 Å². The SMILES string of the molecule is c1cc(-c2nc(-c3ccc4c(c3)oc3ccccc34)nc(-c3cccc4ccccc34)n2)cc(-c2cccc3ccc4ccccc4c23)c1. The first kappa shape index (κ1) is 27.5. The number of hydrogen-bond acceptors (Lipinski definition) is 4. The quantitative estimate of drug-likeness (QED) is 0.183. The highest BCUT2D eigenvalue weighted by molar-refractivity contribution is 6.14. The zero-order chi connectivity index (χ0) is 32.3. The summed E-state index contributed by atoms with van der Waals surface area (Å²) in [6.07, 6.45) is 0. The Kier molecular flexibility index (Phi) is 6.15. The van der Waals surface area contributed by atoms with Crippen LogP contribution in [-0.2, 0) is 0 Å². The second-order valence-corrected chi connectivity index (χ2v) is 12.4. The van der Waals surface area contributed by atoms with Crippen LogP contribution >= 0.6 is 0 Å². The molecule has 4 nitrogen and oxygen atoms in total. The van der Waals surface area contributed by atoms with Crippen LogP contribution in [0, 0.1) is 0 Å². The normalized spacial score (nSPS) is 11.7. The Hall–Kier alpha value is -6.65. The van der Waals surface area contributed by atoms with Gasteiger partial charge in [-0.1, -0.05) is 140 Å². The fraction of sp³-hybridized carbons (Fsp3) is 0. The zero-order valence-corrected chi connectivity index (χ0v) is 26.3. The van der Waals surface area contributed by atoms with Crippen molar-refractivity contribution in [3.63, 3.8) is 0 Å². The molecule has 0 aliphatic heterocycles. The zero-order valence-electron chi connectivity index (χ0n) is 26.3. The number of rotatable bonds is 4. The molecule has 0 amide bonds. The van der Waals surface area contributed by atoms with Gasteiger partial charge in [0.1, 0.15) is 11.2 Å². The van der Waals surface area contributed by atoms with Crippen molar-refractivity contribution in [2.75, 3.05) is 0 Å². The van der Waals surface area contributed by atoms with Crippen molar-refractivity contribution in [1.29, 1.82) is 0 Å². The van der Waals surface area contributed by atoms with Crippen molar-refractivity contribution < 1.29 is 4.42 Å². The van der Waals surface area contributed by atoms with E-state index in [2.05, 4.69) is 140 Å². The van der Waals surface area contributed by atoms with E-state index >= 15 is 0 Å². The van der Waals surface area contributed by atoms with Gasteiger partial charge in [0.25, 0.3) is 0 Å². The average Bonchev–Trinajstić information content (AvgIpc) is 3.55. The van der Waals surface area contributed by atoms with E-state index in [1.54, 1.807) is 0 Å². The summed E-state index contributed by atoms with van der Waals surface area (Å²) < 4.78 is 6.26. The molecule has 0 spiro atoms. The van der Waals surface area contributed by atoms with Crippen LogP contribution in [0.4, 0.5) is 0 Å². The first-order valence-electron chi connectivity index (χ1n) is 16.4. The van der Waals surface area contributed by atoms with E-state index < -0.39 is 0 Å². The van der Waals surface area contributed by atoms with Crippen LogP contribution < -0.4 is 0 Å². The predicted octanol–water partition coefficient (Wildman–Crippen LogP) is 11.9. The lowest BCUT2D eigenvalue weighted by Crippen LogP contribution is -2.00. The number of furan rings is 1. The minimum atomic E-state index is 0.594. The third-order valence-electron chi connectivity index (χ3n) is 9.50. The molecule has 228 valence electrons. The third kappa shape index (κ3) is 4.57. The Morgan fingerprint density at radius 1 is 0.327 bits per heavy atom. The molecule has 0 saturated heterocycles. The van der Waals surface area contributed by atoms with Crippen LogP contribution in [0.1, 0.15) is 0 Å². The molecule has 4 heteroatoms. The lowest BCUT2D eigenvalue weighted by atomic mass is 9.93. The summed E-state index contributed by atoms with van der Waals surface area (Å²) in [5, 5.41) is 9.31. The first-order chi connectivity index (χ1) is 24.3. The van der Waals surface area contributed by atoms with E-state index in [4.69, 9.17) is 19.4 Å². The second kappa shape index (κ2) is 11.0. The molecule has 10 rings (SSSR count). The largest absolute Gasteiger partial charge is 0.456 e. The highest BCUT2D eigenvalue weighted by Gasteiger charge is 2.17. The maximum Gasteiger partial charge on any atom is 0.164 e. The summed E-state index contributed by atoms with van der Waals surface area (Å²) >= 11 is 0. The molecule has 0 aliphatic carbocycles. The second-order valence-electron chi connectivity index (χ2n) is 12.4. The van der Waals surface area contributed by atoms with E-state index in [9.17, 15) is 0 Å². The summed E-state index contributed by atoms with van der Waals surface area (Å²) in [6, 6.07) is 57.0. The molecule has 10 aromatic rings. The Morgan fingerprint density at radius 2 is 0.898 bits per heavy atom. The van der Waals surface area contributed by atoms with E-state index in [1.807, 2.05) is 24.3 Å². The summed E-state index contributed by atoms with van der Waals surface area (Å²) in [6.45, 7) is 0. The lowest BCUT2D eigenvalue weighted by molar-refractivity contribution is 0.669. The predicted molar refractivity (Wildman–Crippen MR) is 201 cm³/mol. The maximum atomic E-state index is 6.26. The van der Waals surface area contributed by atoms with Gasteiger partial charge in [-0.05, 0) is 67.7 Å². The van der Waals surface area contributed by atoms with Gasteiger partial charge in [0, 0.05) is 27.5 Å². The number of hydrogen-bond donors (Lipinski definition) is 0. The van der Waals surface area contributed by atoms with Crippen LogP contribution in [0.2, 0.25) is 0 Å². The van der Waals surface area contributed by atoms with Crippen LogP contribution in [0.3, 0.4) is 0 Å². The van der Waals surface area contributed by atoms with Gasteiger partial charge in [0.15, 0.2) is 17.5 Å². The smallest absolute Gasteiger partial charge is 0.164 e. The average molecular weight is 626 g/mol. The fourth-order valence-electron chi connectivity index (χ4n) is 7.17. The number of nitrogens with zero attached hydrogens (tertiary/aromatic N) is 3. The highest BCUT2D eigenvalue weighted by Crippen LogP contribution is 2.37. The van der Waals surface area contributed by atoms with E-state index in [0.717, 1.165) is 55.0 Å². The minimum Gasteiger partial charge on any atom is -0.456 e. The summed E-state index contributed by atoms with van der Waals surface area (Å²) in [4.78, 5) is 15.4. The maximum absolute atomic E-state index is 6.26. The summed E-state index contributed by atoms with van der Waals surface area (Å²) in [5.74, 6) is 1.84. The van der Waals surface area contributed by atoms with Gasteiger partial charge >= 0.3 is 0 Å². The van der Waals surface area contributed by atoms with Gasteiger partial charge in [0.2, 0.25) is 0 Å². The van der Waals surface area contributed by atoms with Crippen molar-refractivity contribution in [3.05, 3.63) is 164 Å². The summed E-state index contributed by atoms with van der Waals surface area (Å²) in [7, 11) is 0. The van der Waals surface area contributed by atoms with Gasteiger partial charge in [-0.15, -0.1) is 0 Å². The number of fused-ring (bicyclic) bond motifs is 7. The third-order valence-corrected chi connectivity index (χ3v) is 9.50. The van der Waals surface area contributed by atoms with Crippen molar-refractivity contribution in [3.8, 4) is 45.3 Å². The molecule has 0 saturated carbocycles. The van der Waals surface area contributed by atoms with Gasteiger partial charge in [-0.3, -0.25) is 0 Å². The molecule has 0 unspecified atom stereocenters. The molecular formula is C45H27N3O. The monoisotopic (exact) mass is 625 g/mol. The Bertz CT molecular complexity index is 2900. The highest BCUT2D eigenvalue weighted by atomic mass is 16.3. The molecule has 0 radical (unpaired) electrons. The topological polar surface area (TPSA) is 51.8 Å². The van der Waals surface area contributed by atoms with Gasteiger partial charge in [0.05, 0.1) is 0 Å².